The van der Waals surface area contributed by atoms with Crippen molar-refractivity contribution in [1.29, 1.82) is 0 Å². The topological polar surface area (TPSA) is 78.9 Å². The summed E-state index contributed by atoms with van der Waals surface area (Å²) in [5, 5.41) is 13.6. The molecule has 0 saturated carbocycles. The maximum atomic E-state index is 13.0. The summed E-state index contributed by atoms with van der Waals surface area (Å²) in [5.41, 5.74) is 1.61. The van der Waals surface area contributed by atoms with E-state index in [1.54, 1.807) is 0 Å². The van der Waals surface area contributed by atoms with Crippen molar-refractivity contribution in [3.8, 4) is 0 Å². The van der Waals surface area contributed by atoms with Gasteiger partial charge in [0.2, 0.25) is 0 Å². The first-order valence-electron chi connectivity index (χ1n) is 9.58. The molecule has 0 aromatic carbocycles. The highest BCUT2D eigenvalue weighted by molar-refractivity contribution is 7.17. The first-order chi connectivity index (χ1) is 12.6. The van der Waals surface area contributed by atoms with Crippen LogP contribution in [0.2, 0.25) is 0 Å². The van der Waals surface area contributed by atoms with E-state index >= 15 is 0 Å². The van der Waals surface area contributed by atoms with Crippen LogP contribution in [-0.4, -0.2) is 47.3 Å². The molecule has 142 valence electrons. The number of thiophene rings is 1. The number of aryl methyl sites for hydroxylation is 1. The Kier molecular flexibility index (Phi) is 4.92. The van der Waals surface area contributed by atoms with Gasteiger partial charge in [0, 0.05) is 17.0 Å². The van der Waals surface area contributed by atoms with Crippen molar-refractivity contribution in [1.82, 2.24) is 4.90 Å². The Morgan fingerprint density at radius 2 is 1.85 bits per heavy atom. The standard InChI is InChI=1S/C19H26N2O4S/c1-25-18(23)16-14-5-3-2-4-6-15(14)26-17(16)20-19(24)21-11-7-8-12(21)10-13(22)9-11/h11-13,22H,2-10H2,1H3,(H,20,24). The minimum atomic E-state index is -0.364. The van der Waals surface area contributed by atoms with E-state index in [4.69, 9.17) is 4.74 Å². The maximum absolute atomic E-state index is 13.0. The summed E-state index contributed by atoms with van der Waals surface area (Å²) in [6.45, 7) is 0. The predicted octanol–water partition coefficient (Wildman–Crippen LogP) is 3.32. The molecule has 2 fully saturated rings. The second kappa shape index (κ2) is 7.19. The van der Waals surface area contributed by atoms with E-state index in [1.807, 2.05) is 4.90 Å². The lowest BCUT2D eigenvalue weighted by Gasteiger charge is -2.37. The SMILES string of the molecule is COC(=O)c1c(NC(=O)N2C3CCC2CC(O)C3)sc2c1CCCCC2. The average molecular weight is 378 g/mol. The largest absolute Gasteiger partial charge is 0.465 e. The number of urea groups is 1. The third-order valence-electron chi connectivity index (χ3n) is 5.97. The Labute approximate surface area is 157 Å². The molecular formula is C19H26N2O4S. The maximum Gasteiger partial charge on any atom is 0.341 e. The minimum absolute atomic E-state index is 0.100. The number of ether oxygens (including phenoxy) is 1. The lowest BCUT2D eigenvalue weighted by molar-refractivity contribution is 0.0580. The fraction of sp³-hybridized carbons (Fsp3) is 0.684. The summed E-state index contributed by atoms with van der Waals surface area (Å²) < 4.78 is 5.01. The predicted molar refractivity (Wildman–Crippen MR) is 99.8 cm³/mol. The van der Waals surface area contributed by atoms with E-state index in [1.165, 1.54) is 29.7 Å². The van der Waals surface area contributed by atoms with Crippen molar-refractivity contribution in [2.75, 3.05) is 12.4 Å². The average Bonchev–Trinajstić information content (AvgIpc) is 2.98. The van der Waals surface area contributed by atoms with Gasteiger partial charge in [-0.1, -0.05) is 6.42 Å². The van der Waals surface area contributed by atoms with Crippen molar-refractivity contribution in [3.63, 3.8) is 0 Å². The van der Waals surface area contributed by atoms with Crippen LogP contribution in [0, 0.1) is 0 Å². The number of aliphatic hydroxyl groups excluding tert-OH is 1. The molecule has 1 aromatic heterocycles. The van der Waals surface area contributed by atoms with E-state index < -0.39 is 0 Å². The monoisotopic (exact) mass is 378 g/mol. The van der Waals surface area contributed by atoms with Crippen LogP contribution in [0.25, 0.3) is 0 Å². The molecule has 0 spiro atoms. The fourth-order valence-electron chi connectivity index (χ4n) is 4.79. The van der Waals surface area contributed by atoms with Crippen LogP contribution in [0.1, 0.15) is 65.7 Å². The number of fused-ring (bicyclic) bond motifs is 3. The van der Waals surface area contributed by atoms with Crippen LogP contribution in [0.5, 0.6) is 0 Å². The van der Waals surface area contributed by atoms with Gasteiger partial charge < -0.3 is 14.7 Å². The molecule has 3 aliphatic rings. The van der Waals surface area contributed by atoms with Gasteiger partial charge in [0.15, 0.2) is 0 Å². The number of nitrogens with one attached hydrogen (secondary N) is 1. The molecule has 7 heteroatoms. The van der Waals surface area contributed by atoms with Gasteiger partial charge in [-0.25, -0.2) is 9.59 Å². The number of anilines is 1. The number of carbonyl (C=O) groups is 2. The Hall–Kier alpha value is -1.60. The first kappa shape index (κ1) is 17.8. The molecule has 1 aliphatic carbocycles. The number of nitrogens with zero attached hydrogens (tertiary/aromatic N) is 1. The van der Waals surface area contributed by atoms with E-state index in [9.17, 15) is 14.7 Å². The van der Waals surface area contributed by atoms with Gasteiger partial charge in [-0.3, -0.25) is 5.32 Å². The zero-order chi connectivity index (χ0) is 18.3. The highest BCUT2D eigenvalue weighted by Crippen LogP contribution is 2.40. The van der Waals surface area contributed by atoms with E-state index in [0.717, 1.165) is 44.1 Å². The molecule has 2 N–H and O–H groups in total. The Balaban J connectivity index is 1.60. The molecule has 2 unspecified atom stereocenters. The molecule has 3 heterocycles. The van der Waals surface area contributed by atoms with Gasteiger partial charge in [0.25, 0.3) is 0 Å². The van der Waals surface area contributed by atoms with Crippen molar-refractivity contribution < 1.29 is 19.4 Å². The summed E-state index contributed by atoms with van der Waals surface area (Å²) in [4.78, 5) is 28.5. The van der Waals surface area contributed by atoms with Crippen molar-refractivity contribution in [2.24, 2.45) is 0 Å². The third-order valence-corrected chi connectivity index (χ3v) is 7.18. The van der Waals surface area contributed by atoms with Gasteiger partial charge >= 0.3 is 12.0 Å². The molecule has 2 atom stereocenters. The smallest absolute Gasteiger partial charge is 0.341 e. The normalized spacial score (nSPS) is 27.6. The summed E-state index contributed by atoms with van der Waals surface area (Å²) >= 11 is 1.53. The van der Waals surface area contributed by atoms with Crippen LogP contribution in [0.4, 0.5) is 9.80 Å². The molecule has 0 radical (unpaired) electrons. The first-order valence-corrected chi connectivity index (χ1v) is 10.4. The fourth-order valence-corrected chi connectivity index (χ4v) is 6.06. The molecule has 2 bridgehead atoms. The van der Waals surface area contributed by atoms with Gasteiger partial charge in [-0.2, -0.15) is 0 Å². The Morgan fingerprint density at radius 3 is 2.54 bits per heavy atom. The van der Waals surface area contributed by atoms with Gasteiger partial charge in [-0.05, 0) is 56.9 Å². The van der Waals surface area contributed by atoms with Gasteiger partial charge in [0.05, 0.1) is 18.8 Å². The number of rotatable bonds is 2. The lowest BCUT2D eigenvalue weighted by atomic mass is 10.0. The summed E-state index contributed by atoms with van der Waals surface area (Å²) in [5.74, 6) is -0.364. The number of hydrogen-bond acceptors (Lipinski definition) is 5. The number of carbonyl (C=O) groups excluding carboxylic acids is 2. The number of aliphatic hydroxyl groups is 1. The summed E-state index contributed by atoms with van der Waals surface area (Å²) in [7, 11) is 1.39. The van der Waals surface area contributed by atoms with Crippen LogP contribution in [0.3, 0.4) is 0 Å². The highest BCUT2D eigenvalue weighted by Gasteiger charge is 2.43. The van der Waals surface area contributed by atoms with E-state index in [-0.39, 0.29) is 30.2 Å². The number of amides is 2. The molecule has 6 nitrogen and oxygen atoms in total. The molecule has 1 aromatic rings. The number of methoxy groups -OCH3 is 1. The minimum Gasteiger partial charge on any atom is -0.465 e. The molecular weight excluding hydrogens is 352 g/mol. The van der Waals surface area contributed by atoms with Crippen LogP contribution >= 0.6 is 11.3 Å². The number of piperidine rings is 1. The van der Waals surface area contributed by atoms with E-state index in [0.29, 0.717) is 23.4 Å². The zero-order valence-corrected chi connectivity index (χ0v) is 15.9. The third kappa shape index (κ3) is 3.11. The number of hydrogen-bond donors (Lipinski definition) is 2. The molecule has 2 aliphatic heterocycles. The van der Waals surface area contributed by atoms with Crippen LogP contribution in [-0.2, 0) is 17.6 Å². The second-order valence-electron chi connectivity index (χ2n) is 7.61. The lowest BCUT2D eigenvalue weighted by Crippen LogP contribution is -2.49. The summed E-state index contributed by atoms with van der Waals surface area (Å²) in [6, 6.07) is 0.0530. The van der Waals surface area contributed by atoms with Gasteiger partial charge in [-0.15, -0.1) is 11.3 Å². The van der Waals surface area contributed by atoms with Gasteiger partial charge in [0.1, 0.15) is 5.00 Å². The van der Waals surface area contributed by atoms with Crippen molar-refractivity contribution in [2.45, 2.75) is 76.0 Å². The van der Waals surface area contributed by atoms with Crippen LogP contribution in [0.15, 0.2) is 0 Å². The van der Waals surface area contributed by atoms with E-state index in [2.05, 4.69) is 5.32 Å². The zero-order valence-electron chi connectivity index (χ0n) is 15.1. The summed E-state index contributed by atoms with van der Waals surface area (Å²) in [6.07, 6.45) is 8.06. The molecule has 4 rings (SSSR count). The highest BCUT2D eigenvalue weighted by atomic mass is 32.1. The van der Waals surface area contributed by atoms with Crippen LogP contribution < -0.4 is 5.32 Å². The molecule has 26 heavy (non-hydrogen) atoms. The molecule has 2 amide bonds. The van der Waals surface area contributed by atoms with Crippen molar-refractivity contribution in [3.05, 3.63) is 16.0 Å². The Morgan fingerprint density at radius 1 is 1.15 bits per heavy atom. The quantitative estimate of drug-likeness (QED) is 0.611. The van der Waals surface area contributed by atoms with Crippen molar-refractivity contribution >= 4 is 28.3 Å². The Bertz CT molecular complexity index is 703. The molecule has 2 saturated heterocycles. The second-order valence-corrected chi connectivity index (χ2v) is 8.71. The number of esters is 1.